The summed E-state index contributed by atoms with van der Waals surface area (Å²) in [5.74, 6) is 0.313. The Balaban J connectivity index is 2.07. The van der Waals surface area contributed by atoms with Crippen LogP contribution in [0.25, 0.3) is 0 Å². The summed E-state index contributed by atoms with van der Waals surface area (Å²) in [6.45, 7) is 0.303. The first-order valence-corrected chi connectivity index (χ1v) is 7.80. The molecule has 0 N–H and O–H groups in total. The lowest BCUT2D eigenvalue weighted by Crippen LogP contribution is -1.97. The fraction of sp³-hybridized carbons (Fsp3) is 0.143. The molecule has 2 aromatic carbocycles. The lowest BCUT2D eigenvalue weighted by molar-refractivity contribution is 0.305. The van der Waals surface area contributed by atoms with Crippen molar-refractivity contribution in [3.8, 4) is 5.75 Å². The van der Waals surface area contributed by atoms with Crippen molar-refractivity contribution in [2.75, 3.05) is 0 Å². The molecule has 0 aliphatic rings. The lowest BCUT2D eigenvalue weighted by atomic mass is 10.2. The highest BCUT2D eigenvalue weighted by molar-refractivity contribution is 9.10. The zero-order valence-corrected chi connectivity index (χ0v) is 13.7. The van der Waals surface area contributed by atoms with E-state index >= 15 is 0 Å². The van der Waals surface area contributed by atoms with Crippen LogP contribution in [0.4, 0.5) is 4.39 Å². The summed E-state index contributed by atoms with van der Waals surface area (Å²) in [6.07, 6.45) is 0. The predicted molar refractivity (Wildman–Crippen MR) is 82.5 cm³/mol. The third-order valence-electron chi connectivity index (χ3n) is 2.55. The van der Waals surface area contributed by atoms with E-state index in [0.717, 1.165) is 26.7 Å². The second-order valence-corrected chi connectivity index (χ2v) is 5.75. The molecule has 0 aliphatic carbocycles. The number of hydrogen-bond acceptors (Lipinski definition) is 1. The molecule has 19 heavy (non-hydrogen) atoms. The van der Waals surface area contributed by atoms with Crippen LogP contribution in [0.1, 0.15) is 11.1 Å². The van der Waals surface area contributed by atoms with Gasteiger partial charge in [0, 0.05) is 9.80 Å². The van der Waals surface area contributed by atoms with Crippen molar-refractivity contribution >= 4 is 43.5 Å². The Hall–Kier alpha value is -0.580. The van der Waals surface area contributed by atoms with Gasteiger partial charge in [0.15, 0.2) is 0 Å². The van der Waals surface area contributed by atoms with Crippen molar-refractivity contribution in [3.63, 3.8) is 0 Å². The van der Waals surface area contributed by atoms with Gasteiger partial charge < -0.3 is 4.74 Å². The molecule has 2 aromatic rings. The standard InChI is InChI=1S/C14H10Br2ClFO/c15-7-10-6-11(2-3-12(10)16)19-8-9-1-4-13(17)14(18)5-9/h1-6H,7-8H2. The van der Waals surface area contributed by atoms with Crippen molar-refractivity contribution in [1.82, 2.24) is 0 Å². The monoisotopic (exact) mass is 406 g/mol. The van der Waals surface area contributed by atoms with Gasteiger partial charge in [-0.3, -0.25) is 0 Å². The minimum absolute atomic E-state index is 0.119. The molecule has 0 heterocycles. The Kier molecular flexibility index (Phi) is 5.25. The maximum absolute atomic E-state index is 13.3. The van der Waals surface area contributed by atoms with Crippen LogP contribution in [0, 0.1) is 5.82 Å². The summed E-state index contributed by atoms with van der Waals surface area (Å²) in [7, 11) is 0. The van der Waals surface area contributed by atoms with Gasteiger partial charge in [-0.2, -0.15) is 0 Å². The molecule has 0 saturated carbocycles. The summed E-state index contributed by atoms with van der Waals surface area (Å²) < 4.78 is 19.9. The van der Waals surface area contributed by atoms with Gasteiger partial charge >= 0.3 is 0 Å². The molecule has 0 atom stereocenters. The van der Waals surface area contributed by atoms with Crippen LogP contribution in [0.15, 0.2) is 40.9 Å². The van der Waals surface area contributed by atoms with E-state index in [1.807, 2.05) is 18.2 Å². The highest BCUT2D eigenvalue weighted by Gasteiger charge is 2.04. The van der Waals surface area contributed by atoms with Crippen LogP contribution in [-0.2, 0) is 11.9 Å². The quantitative estimate of drug-likeness (QED) is 0.589. The highest BCUT2D eigenvalue weighted by atomic mass is 79.9. The molecule has 0 bridgehead atoms. The first-order valence-electron chi connectivity index (χ1n) is 5.51. The first kappa shape index (κ1) is 14.8. The van der Waals surface area contributed by atoms with Crippen LogP contribution >= 0.6 is 43.5 Å². The van der Waals surface area contributed by atoms with Crippen LogP contribution in [0.5, 0.6) is 5.75 Å². The molecule has 0 spiro atoms. The Morgan fingerprint density at radius 3 is 2.63 bits per heavy atom. The minimum Gasteiger partial charge on any atom is -0.489 e. The summed E-state index contributed by atoms with van der Waals surface area (Å²) in [5, 5.41) is 0.856. The molecule has 0 radical (unpaired) electrons. The Labute approximate surface area is 133 Å². The fourth-order valence-electron chi connectivity index (χ4n) is 1.54. The van der Waals surface area contributed by atoms with Crippen LogP contribution in [-0.4, -0.2) is 0 Å². The van der Waals surface area contributed by atoms with E-state index in [4.69, 9.17) is 16.3 Å². The third-order valence-corrected chi connectivity index (χ3v) is 4.23. The maximum atomic E-state index is 13.3. The van der Waals surface area contributed by atoms with Crippen molar-refractivity contribution in [2.45, 2.75) is 11.9 Å². The highest BCUT2D eigenvalue weighted by Crippen LogP contribution is 2.25. The molecule has 0 saturated heterocycles. The normalized spacial score (nSPS) is 10.5. The van der Waals surface area contributed by atoms with Crippen molar-refractivity contribution in [1.29, 1.82) is 0 Å². The zero-order valence-electron chi connectivity index (χ0n) is 9.80. The molecule has 0 unspecified atom stereocenters. The van der Waals surface area contributed by atoms with Crippen molar-refractivity contribution in [2.24, 2.45) is 0 Å². The number of alkyl halides is 1. The number of benzene rings is 2. The largest absolute Gasteiger partial charge is 0.489 e. The SMILES string of the molecule is Fc1cc(COc2ccc(Br)c(CBr)c2)ccc1Cl. The van der Waals surface area contributed by atoms with E-state index in [0.29, 0.717) is 6.61 Å². The molecule has 100 valence electrons. The van der Waals surface area contributed by atoms with Gasteiger partial charge in [-0.05, 0) is 41.5 Å². The van der Waals surface area contributed by atoms with Gasteiger partial charge in [-0.1, -0.05) is 49.5 Å². The van der Waals surface area contributed by atoms with Gasteiger partial charge in [0.25, 0.3) is 0 Å². The summed E-state index contributed by atoms with van der Waals surface area (Å²) >= 11 is 12.5. The Bertz CT molecular complexity index is 590. The maximum Gasteiger partial charge on any atom is 0.142 e. The van der Waals surface area contributed by atoms with Crippen LogP contribution < -0.4 is 4.74 Å². The van der Waals surface area contributed by atoms with Gasteiger partial charge in [-0.15, -0.1) is 0 Å². The molecule has 0 aromatic heterocycles. The lowest BCUT2D eigenvalue weighted by Gasteiger charge is -2.09. The fourth-order valence-corrected chi connectivity index (χ4v) is 2.88. The Morgan fingerprint density at radius 1 is 1.16 bits per heavy atom. The first-order chi connectivity index (χ1) is 9.10. The van der Waals surface area contributed by atoms with E-state index in [9.17, 15) is 4.39 Å². The molecule has 0 aliphatic heterocycles. The molecule has 0 amide bonds. The van der Waals surface area contributed by atoms with E-state index < -0.39 is 5.82 Å². The number of hydrogen-bond donors (Lipinski definition) is 0. The van der Waals surface area contributed by atoms with E-state index in [-0.39, 0.29) is 5.02 Å². The molecular weight excluding hydrogens is 398 g/mol. The molecule has 5 heteroatoms. The number of halogens is 4. The number of rotatable bonds is 4. The van der Waals surface area contributed by atoms with Crippen LogP contribution in [0.2, 0.25) is 5.02 Å². The van der Waals surface area contributed by atoms with Crippen LogP contribution in [0.3, 0.4) is 0 Å². The molecule has 2 rings (SSSR count). The average Bonchev–Trinajstić information content (AvgIpc) is 2.41. The van der Waals surface area contributed by atoms with Gasteiger partial charge in [-0.25, -0.2) is 4.39 Å². The van der Waals surface area contributed by atoms with E-state index in [2.05, 4.69) is 31.9 Å². The zero-order chi connectivity index (χ0) is 13.8. The van der Waals surface area contributed by atoms with Crippen molar-refractivity contribution < 1.29 is 9.13 Å². The molecule has 1 nitrogen and oxygen atoms in total. The second-order valence-electron chi connectivity index (χ2n) is 3.92. The summed E-state index contributed by atoms with van der Waals surface area (Å²) in [4.78, 5) is 0. The van der Waals surface area contributed by atoms with E-state index in [1.165, 1.54) is 12.1 Å². The number of ether oxygens (including phenoxy) is 1. The Morgan fingerprint density at radius 2 is 1.95 bits per heavy atom. The minimum atomic E-state index is -0.431. The second kappa shape index (κ2) is 6.73. The summed E-state index contributed by atoms with van der Waals surface area (Å²) in [6, 6.07) is 10.4. The molecule has 0 fully saturated rings. The third kappa shape index (κ3) is 3.94. The van der Waals surface area contributed by atoms with Gasteiger partial charge in [0.2, 0.25) is 0 Å². The van der Waals surface area contributed by atoms with Crippen molar-refractivity contribution in [3.05, 3.63) is 62.8 Å². The average molecular weight is 408 g/mol. The molecular formula is C14H10Br2ClFO. The van der Waals surface area contributed by atoms with E-state index in [1.54, 1.807) is 6.07 Å². The smallest absolute Gasteiger partial charge is 0.142 e. The predicted octanol–water partition coefficient (Wildman–Crippen LogP) is 5.72. The summed E-state index contributed by atoms with van der Waals surface area (Å²) in [5.41, 5.74) is 1.84. The van der Waals surface area contributed by atoms with Gasteiger partial charge in [0.05, 0.1) is 5.02 Å². The van der Waals surface area contributed by atoms with Gasteiger partial charge in [0.1, 0.15) is 18.2 Å². The topological polar surface area (TPSA) is 9.23 Å².